The summed E-state index contributed by atoms with van der Waals surface area (Å²) in [5.41, 5.74) is 5.13. The highest BCUT2D eigenvalue weighted by Crippen LogP contribution is 2.17. The molecule has 2 aromatic rings. The molecule has 1 saturated heterocycles. The van der Waals surface area contributed by atoms with E-state index in [-0.39, 0.29) is 0 Å². The first-order valence-electron chi connectivity index (χ1n) is 9.17. The molecule has 2 unspecified atom stereocenters. The Hall–Kier alpha value is -1.75. The van der Waals surface area contributed by atoms with Crippen molar-refractivity contribution < 1.29 is 4.74 Å². The number of ether oxygens (including phenoxy) is 1. The van der Waals surface area contributed by atoms with E-state index in [0.29, 0.717) is 12.2 Å². The van der Waals surface area contributed by atoms with Gasteiger partial charge < -0.3 is 10.1 Å². The van der Waals surface area contributed by atoms with E-state index in [9.17, 15) is 0 Å². The second-order valence-electron chi connectivity index (χ2n) is 7.07. The zero-order chi connectivity index (χ0) is 17.6. The first-order chi connectivity index (χ1) is 12.1. The predicted octanol–water partition coefficient (Wildman–Crippen LogP) is 3.29. The van der Waals surface area contributed by atoms with Gasteiger partial charge in [0.15, 0.2) is 0 Å². The van der Waals surface area contributed by atoms with Crippen LogP contribution in [-0.4, -0.2) is 35.2 Å². The molecule has 25 heavy (non-hydrogen) atoms. The van der Waals surface area contributed by atoms with Gasteiger partial charge in [0, 0.05) is 44.6 Å². The maximum Gasteiger partial charge on any atom is 0.0678 e. The number of rotatable bonds is 6. The van der Waals surface area contributed by atoms with Crippen LogP contribution in [0.3, 0.4) is 0 Å². The number of aryl methyl sites for hydroxylation is 1. The van der Waals surface area contributed by atoms with E-state index < -0.39 is 0 Å². The number of morpholine rings is 1. The Balaban J connectivity index is 1.60. The Morgan fingerprint density at radius 2 is 1.64 bits per heavy atom. The summed E-state index contributed by atoms with van der Waals surface area (Å²) in [6.45, 7) is 11.1. The molecule has 0 saturated carbocycles. The van der Waals surface area contributed by atoms with Crippen molar-refractivity contribution in [2.45, 2.75) is 52.6 Å². The van der Waals surface area contributed by atoms with Gasteiger partial charge in [0.25, 0.3) is 0 Å². The molecular formula is C21H29N3O. The third-order valence-corrected chi connectivity index (χ3v) is 4.75. The smallest absolute Gasteiger partial charge is 0.0678 e. The zero-order valence-corrected chi connectivity index (χ0v) is 15.5. The van der Waals surface area contributed by atoms with Crippen LogP contribution in [0.5, 0.6) is 0 Å². The molecule has 1 aromatic carbocycles. The number of nitrogens with one attached hydrogen (secondary N) is 1. The number of hydrogen-bond donors (Lipinski definition) is 1. The van der Waals surface area contributed by atoms with Crippen LogP contribution in [0, 0.1) is 6.92 Å². The molecule has 4 nitrogen and oxygen atoms in total. The summed E-state index contributed by atoms with van der Waals surface area (Å²) in [5, 5.41) is 3.57. The van der Waals surface area contributed by atoms with Crippen molar-refractivity contribution in [3.63, 3.8) is 0 Å². The number of benzene rings is 1. The lowest BCUT2D eigenvalue weighted by molar-refractivity contribution is -0.0705. The van der Waals surface area contributed by atoms with E-state index in [0.717, 1.165) is 38.4 Å². The van der Waals surface area contributed by atoms with Gasteiger partial charge in [-0.1, -0.05) is 30.3 Å². The van der Waals surface area contributed by atoms with Crippen molar-refractivity contribution in [2.75, 3.05) is 13.1 Å². The minimum atomic E-state index is 0.308. The molecule has 0 bridgehead atoms. The van der Waals surface area contributed by atoms with Crippen LogP contribution in [-0.2, 0) is 24.4 Å². The van der Waals surface area contributed by atoms with Crippen molar-refractivity contribution in [1.29, 1.82) is 0 Å². The molecule has 1 aliphatic heterocycles. The lowest BCUT2D eigenvalue weighted by Gasteiger charge is -2.35. The molecule has 1 aromatic heterocycles. The summed E-state index contributed by atoms with van der Waals surface area (Å²) in [6.07, 6.45) is 2.46. The van der Waals surface area contributed by atoms with E-state index >= 15 is 0 Å². The molecule has 3 rings (SSSR count). The fourth-order valence-electron chi connectivity index (χ4n) is 3.57. The Kier molecular flexibility index (Phi) is 6.19. The fraction of sp³-hybridized carbons (Fsp3) is 0.476. The largest absolute Gasteiger partial charge is 0.373 e. The third-order valence-electron chi connectivity index (χ3n) is 4.75. The SMILES string of the molecule is Cc1ncccc1CNCc1ccccc1CN1CC(C)OC(C)C1. The van der Waals surface area contributed by atoms with Gasteiger partial charge in [0.05, 0.1) is 12.2 Å². The topological polar surface area (TPSA) is 37.4 Å². The fourth-order valence-corrected chi connectivity index (χ4v) is 3.57. The highest BCUT2D eigenvalue weighted by molar-refractivity contribution is 5.27. The standard InChI is InChI=1S/C21H29N3O/c1-16-13-24(14-17(2)25-16)15-21-8-5-4-7-20(21)12-22-11-19-9-6-10-23-18(19)3/h4-10,16-17,22H,11-15H2,1-3H3. The monoisotopic (exact) mass is 339 g/mol. The average Bonchev–Trinajstić information content (AvgIpc) is 2.57. The van der Waals surface area contributed by atoms with Gasteiger partial charge in [0.2, 0.25) is 0 Å². The minimum absolute atomic E-state index is 0.308. The van der Waals surface area contributed by atoms with E-state index in [4.69, 9.17) is 4.74 Å². The summed E-state index contributed by atoms with van der Waals surface area (Å²) in [5.74, 6) is 0. The molecule has 2 atom stereocenters. The second kappa shape index (κ2) is 8.56. The number of nitrogens with zero attached hydrogens (tertiary/aromatic N) is 2. The van der Waals surface area contributed by atoms with Crippen molar-refractivity contribution in [1.82, 2.24) is 15.2 Å². The van der Waals surface area contributed by atoms with Gasteiger partial charge in [-0.3, -0.25) is 9.88 Å². The molecule has 4 heteroatoms. The molecule has 134 valence electrons. The summed E-state index contributed by atoms with van der Waals surface area (Å²) < 4.78 is 5.85. The molecule has 1 fully saturated rings. The van der Waals surface area contributed by atoms with Gasteiger partial charge in [-0.25, -0.2) is 0 Å². The Morgan fingerprint density at radius 1 is 1.00 bits per heavy atom. The van der Waals surface area contributed by atoms with Crippen LogP contribution in [0.2, 0.25) is 0 Å². The Morgan fingerprint density at radius 3 is 2.36 bits per heavy atom. The molecular weight excluding hydrogens is 310 g/mol. The van der Waals surface area contributed by atoms with Crippen LogP contribution in [0.4, 0.5) is 0 Å². The highest BCUT2D eigenvalue weighted by atomic mass is 16.5. The lowest BCUT2D eigenvalue weighted by atomic mass is 10.1. The molecule has 2 heterocycles. The van der Waals surface area contributed by atoms with Crippen LogP contribution in [0.15, 0.2) is 42.6 Å². The van der Waals surface area contributed by atoms with Gasteiger partial charge >= 0.3 is 0 Å². The van der Waals surface area contributed by atoms with Gasteiger partial charge in [-0.15, -0.1) is 0 Å². The lowest BCUT2D eigenvalue weighted by Crippen LogP contribution is -2.45. The molecule has 1 aliphatic rings. The maximum absolute atomic E-state index is 5.85. The molecule has 1 N–H and O–H groups in total. The summed E-state index contributed by atoms with van der Waals surface area (Å²) >= 11 is 0. The molecule has 0 radical (unpaired) electrons. The molecule has 0 spiro atoms. The number of hydrogen-bond acceptors (Lipinski definition) is 4. The van der Waals surface area contributed by atoms with Crippen molar-refractivity contribution in [2.24, 2.45) is 0 Å². The normalized spacial score (nSPS) is 21.4. The summed E-state index contributed by atoms with van der Waals surface area (Å²) in [4.78, 5) is 6.86. The van der Waals surface area contributed by atoms with Crippen molar-refractivity contribution >= 4 is 0 Å². The van der Waals surface area contributed by atoms with E-state index in [1.165, 1.54) is 16.7 Å². The van der Waals surface area contributed by atoms with Crippen LogP contribution < -0.4 is 5.32 Å². The maximum atomic E-state index is 5.85. The first kappa shape index (κ1) is 18.1. The van der Waals surface area contributed by atoms with E-state index in [2.05, 4.69) is 66.3 Å². The van der Waals surface area contributed by atoms with E-state index in [1.54, 1.807) is 0 Å². The second-order valence-corrected chi connectivity index (χ2v) is 7.07. The number of pyridine rings is 1. The van der Waals surface area contributed by atoms with Crippen molar-refractivity contribution in [3.05, 3.63) is 65.0 Å². The Bertz CT molecular complexity index is 678. The number of aromatic nitrogens is 1. The van der Waals surface area contributed by atoms with Crippen LogP contribution in [0.1, 0.15) is 36.2 Å². The summed E-state index contributed by atoms with van der Waals surface area (Å²) in [6, 6.07) is 12.9. The quantitative estimate of drug-likeness (QED) is 0.876. The average molecular weight is 339 g/mol. The van der Waals surface area contributed by atoms with Crippen molar-refractivity contribution in [3.8, 4) is 0 Å². The third kappa shape index (κ3) is 5.11. The zero-order valence-electron chi connectivity index (χ0n) is 15.5. The van der Waals surface area contributed by atoms with Gasteiger partial charge in [-0.2, -0.15) is 0 Å². The Labute approximate surface area is 151 Å². The van der Waals surface area contributed by atoms with Gasteiger partial charge in [-0.05, 0) is 43.5 Å². The van der Waals surface area contributed by atoms with Crippen LogP contribution in [0.25, 0.3) is 0 Å². The molecule has 0 aliphatic carbocycles. The predicted molar refractivity (Wildman–Crippen MR) is 101 cm³/mol. The van der Waals surface area contributed by atoms with Gasteiger partial charge in [0.1, 0.15) is 0 Å². The highest BCUT2D eigenvalue weighted by Gasteiger charge is 2.22. The summed E-state index contributed by atoms with van der Waals surface area (Å²) in [7, 11) is 0. The molecule has 0 amide bonds. The van der Waals surface area contributed by atoms with E-state index in [1.807, 2.05) is 12.3 Å². The first-order valence-corrected chi connectivity index (χ1v) is 9.17. The minimum Gasteiger partial charge on any atom is -0.373 e. The van der Waals surface area contributed by atoms with Crippen LogP contribution >= 0.6 is 0 Å².